The number of thiophene rings is 1. The molecule has 1 aromatic carbocycles. The maximum Gasteiger partial charge on any atom is 0.252 e. The van der Waals surface area contributed by atoms with Gasteiger partial charge in [-0.15, -0.1) is 11.3 Å². The molecule has 3 aromatic rings. The third-order valence-electron chi connectivity index (χ3n) is 3.24. The molecular weight excluding hydrogens is 336 g/mol. The lowest BCUT2D eigenvalue weighted by Gasteiger charge is -2.11. The fourth-order valence-electron chi connectivity index (χ4n) is 2.19. The Balaban J connectivity index is 1.99. The van der Waals surface area contributed by atoms with Gasteiger partial charge in [0, 0.05) is 35.6 Å². The molecule has 5 heteroatoms. The Morgan fingerprint density at radius 2 is 2.05 bits per heavy atom. The first-order chi connectivity index (χ1) is 9.65. The zero-order valence-electron chi connectivity index (χ0n) is 10.9. The Labute approximate surface area is 129 Å². The molecule has 20 heavy (non-hydrogen) atoms. The van der Waals surface area contributed by atoms with Gasteiger partial charge in [0.2, 0.25) is 0 Å². The summed E-state index contributed by atoms with van der Waals surface area (Å²) in [5.74, 6) is 0. The van der Waals surface area contributed by atoms with Crippen molar-refractivity contribution in [3.05, 3.63) is 61.5 Å². The lowest BCUT2D eigenvalue weighted by molar-refractivity contribution is 0.906. The van der Waals surface area contributed by atoms with Crippen molar-refractivity contribution in [3.8, 4) is 0 Å². The SMILES string of the molecule is Cn1c(=O)cc(NCc2ccc(Br)s2)c2ccccc21. The first-order valence-corrected chi connectivity index (χ1v) is 7.83. The monoisotopic (exact) mass is 348 g/mol. The average molecular weight is 349 g/mol. The van der Waals surface area contributed by atoms with Crippen LogP contribution in [0.5, 0.6) is 0 Å². The highest BCUT2D eigenvalue weighted by Gasteiger charge is 2.06. The van der Waals surface area contributed by atoms with Gasteiger partial charge in [0.15, 0.2) is 0 Å². The number of anilines is 1. The van der Waals surface area contributed by atoms with Crippen LogP contribution in [0.1, 0.15) is 4.88 Å². The third-order valence-corrected chi connectivity index (χ3v) is 4.86. The molecule has 3 nitrogen and oxygen atoms in total. The van der Waals surface area contributed by atoms with Gasteiger partial charge in [-0.05, 0) is 34.1 Å². The van der Waals surface area contributed by atoms with E-state index < -0.39 is 0 Å². The van der Waals surface area contributed by atoms with E-state index in [1.54, 1.807) is 29.0 Å². The number of benzene rings is 1. The fraction of sp³-hybridized carbons (Fsp3) is 0.133. The maximum absolute atomic E-state index is 12.0. The molecule has 0 spiro atoms. The summed E-state index contributed by atoms with van der Waals surface area (Å²) in [6.45, 7) is 0.716. The maximum atomic E-state index is 12.0. The average Bonchev–Trinajstić information content (AvgIpc) is 2.87. The van der Waals surface area contributed by atoms with Gasteiger partial charge in [0.1, 0.15) is 0 Å². The molecule has 0 bridgehead atoms. The van der Waals surface area contributed by atoms with Gasteiger partial charge >= 0.3 is 0 Å². The Morgan fingerprint density at radius 3 is 2.80 bits per heavy atom. The van der Waals surface area contributed by atoms with Crippen molar-refractivity contribution in [1.29, 1.82) is 0 Å². The van der Waals surface area contributed by atoms with Gasteiger partial charge in [0.05, 0.1) is 9.30 Å². The molecule has 0 fully saturated rings. The van der Waals surface area contributed by atoms with Crippen LogP contribution in [0.4, 0.5) is 5.69 Å². The van der Waals surface area contributed by atoms with E-state index in [1.165, 1.54) is 4.88 Å². The van der Waals surface area contributed by atoms with Crippen LogP contribution in [0.25, 0.3) is 10.9 Å². The molecule has 0 aliphatic heterocycles. The molecule has 0 atom stereocenters. The minimum absolute atomic E-state index is 0.00133. The van der Waals surface area contributed by atoms with Crippen LogP contribution in [-0.2, 0) is 13.6 Å². The molecule has 0 aliphatic rings. The summed E-state index contributed by atoms with van der Waals surface area (Å²) in [5, 5.41) is 4.42. The number of aromatic nitrogens is 1. The van der Waals surface area contributed by atoms with Gasteiger partial charge in [0.25, 0.3) is 5.56 Å². The van der Waals surface area contributed by atoms with Gasteiger partial charge in [-0.3, -0.25) is 4.79 Å². The van der Waals surface area contributed by atoms with Crippen molar-refractivity contribution < 1.29 is 0 Å². The van der Waals surface area contributed by atoms with Crippen LogP contribution >= 0.6 is 27.3 Å². The second kappa shape index (κ2) is 5.42. The van der Waals surface area contributed by atoms with E-state index in [1.807, 2.05) is 30.3 Å². The van der Waals surface area contributed by atoms with E-state index in [2.05, 4.69) is 27.3 Å². The fourth-order valence-corrected chi connectivity index (χ4v) is 3.61. The summed E-state index contributed by atoms with van der Waals surface area (Å²) in [4.78, 5) is 13.2. The van der Waals surface area contributed by atoms with Gasteiger partial charge in [-0.1, -0.05) is 18.2 Å². The van der Waals surface area contributed by atoms with E-state index in [4.69, 9.17) is 0 Å². The smallest absolute Gasteiger partial charge is 0.252 e. The molecule has 1 N–H and O–H groups in total. The number of pyridine rings is 1. The van der Waals surface area contributed by atoms with Crippen LogP contribution in [0.15, 0.2) is 51.0 Å². The van der Waals surface area contributed by atoms with Gasteiger partial charge in [-0.2, -0.15) is 0 Å². The van der Waals surface area contributed by atoms with Crippen molar-refractivity contribution in [3.63, 3.8) is 0 Å². The molecule has 0 unspecified atom stereocenters. The summed E-state index contributed by atoms with van der Waals surface area (Å²) in [7, 11) is 1.80. The number of rotatable bonds is 3. The minimum atomic E-state index is -0.00133. The largest absolute Gasteiger partial charge is 0.379 e. The molecule has 0 aliphatic carbocycles. The third kappa shape index (κ3) is 2.51. The normalized spacial score (nSPS) is 10.9. The Bertz CT molecular complexity index is 822. The highest BCUT2D eigenvalue weighted by atomic mass is 79.9. The predicted octanol–water partition coefficient (Wildman–Crippen LogP) is 3.97. The van der Waals surface area contributed by atoms with Crippen molar-refractivity contribution >= 4 is 43.9 Å². The number of aryl methyl sites for hydroxylation is 1. The van der Waals surface area contributed by atoms with E-state index >= 15 is 0 Å². The lowest BCUT2D eigenvalue weighted by atomic mass is 10.2. The standard InChI is InChI=1S/C15H13BrN2OS/c1-18-13-5-3-2-4-11(13)12(8-15(18)19)17-9-10-6-7-14(16)20-10/h2-8,17H,9H2,1H3. The lowest BCUT2D eigenvalue weighted by Crippen LogP contribution is -2.17. The number of fused-ring (bicyclic) bond motifs is 1. The summed E-state index contributed by atoms with van der Waals surface area (Å²) in [6.07, 6.45) is 0. The summed E-state index contributed by atoms with van der Waals surface area (Å²) >= 11 is 5.15. The second-order valence-electron chi connectivity index (χ2n) is 4.53. The second-order valence-corrected chi connectivity index (χ2v) is 7.08. The number of para-hydroxylation sites is 1. The van der Waals surface area contributed by atoms with Crippen molar-refractivity contribution in [2.24, 2.45) is 7.05 Å². The predicted molar refractivity (Wildman–Crippen MR) is 88.5 cm³/mol. The van der Waals surface area contributed by atoms with Crippen LogP contribution in [0.3, 0.4) is 0 Å². The topological polar surface area (TPSA) is 34.0 Å². The van der Waals surface area contributed by atoms with E-state index in [9.17, 15) is 4.79 Å². The van der Waals surface area contributed by atoms with Crippen LogP contribution in [0.2, 0.25) is 0 Å². The Hall–Kier alpha value is -1.59. The van der Waals surface area contributed by atoms with E-state index in [-0.39, 0.29) is 5.56 Å². The number of nitrogens with one attached hydrogen (secondary N) is 1. The highest BCUT2D eigenvalue weighted by molar-refractivity contribution is 9.11. The van der Waals surface area contributed by atoms with Crippen LogP contribution < -0.4 is 10.9 Å². The molecule has 2 heterocycles. The zero-order chi connectivity index (χ0) is 14.1. The quantitative estimate of drug-likeness (QED) is 0.776. The zero-order valence-corrected chi connectivity index (χ0v) is 13.3. The van der Waals surface area contributed by atoms with Crippen LogP contribution in [-0.4, -0.2) is 4.57 Å². The number of nitrogens with zero attached hydrogens (tertiary/aromatic N) is 1. The number of hydrogen-bond acceptors (Lipinski definition) is 3. The molecule has 0 radical (unpaired) electrons. The van der Waals surface area contributed by atoms with E-state index in [0.717, 1.165) is 20.4 Å². The van der Waals surface area contributed by atoms with E-state index in [0.29, 0.717) is 6.54 Å². The molecule has 0 amide bonds. The number of halogens is 1. The summed E-state index contributed by atoms with van der Waals surface area (Å²) in [5.41, 5.74) is 1.82. The van der Waals surface area contributed by atoms with Crippen molar-refractivity contribution in [2.45, 2.75) is 6.54 Å². The van der Waals surface area contributed by atoms with Crippen molar-refractivity contribution in [1.82, 2.24) is 4.57 Å². The molecule has 3 rings (SSSR count). The first kappa shape index (κ1) is 13.4. The van der Waals surface area contributed by atoms with Gasteiger partial charge < -0.3 is 9.88 Å². The highest BCUT2D eigenvalue weighted by Crippen LogP contribution is 2.25. The molecule has 102 valence electrons. The van der Waals surface area contributed by atoms with Crippen LogP contribution in [0, 0.1) is 0 Å². The Kier molecular flexibility index (Phi) is 3.63. The molecule has 0 saturated heterocycles. The van der Waals surface area contributed by atoms with Crippen molar-refractivity contribution in [2.75, 3.05) is 5.32 Å². The summed E-state index contributed by atoms with van der Waals surface area (Å²) in [6, 6.07) is 13.7. The molecule has 2 aromatic heterocycles. The number of hydrogen-bond donors (Lipinski definition) is 1. The molecular formula is C15H13BrN2OS. The first-order valence-electron chi connectivity index (χ1n) is 6.22. The molecule has 0 saturated carbocycles. The Morgan fingerprint density at radius 1 is 1.25 bits per heavy atom. The summed E-state index contributed by atoms with van der Waals surface area (Å²) < 4.78 is 2.78. The van der Waals surface area contributed by atoms with Gasteiger partial charge in [-0.25, -0.2) is 0 Å². The minimum Gasteiger partial charge on any atom is -0.379 e.